The van der Waals surface area contributed by atoms with Gasteiger partial charge in [-0.3, -0.25) is 4.79 Å². The van der Waals surface area contributed by atoms with E-state index in [0.717, 1.165) is 6.07 Å². The number of nitrogens with zero attached hydrogens (tertiary/aromatic N) is 1. The lowest BCUT2D eigenvalue weighted by molar-refractivity contribution is 0.110. The van der Waals surface area contributed by atoms with Gasteiger partial charge in [0.1, 0.15) is 5.69 Å². The van der Waals surface area contributed by atoms with Gasteiger partial charge in [-0.1, -0.05) is 0 Å². The zero-order valence-electron chi connectivity index (χ0n) is 7.01. The van der Waals surface area contributed by atoms with Crippen molar-refractivity contribution in [2.75, 3.05) is 0 Å². The van der Waals surface area contributed by atoms with Crippen molar-refractivity contribution in [3.8, 4) is 0 Å². The van der Waals surface area contributed by atoms with E-state index in [1.165, 1.54) is 0 Å². The quantitative estimate of drug-likeness (QED) is 0.598. The van der Waals surface area contributed by atoms with Crippen molar-refractivity contribution in [1.29, 1.82) is 0 Å². The predicted octanol–water partition coefficient (Wildman–Crippen LogP) is 1.43. The van der Waals surface area contributed by atoms with E-state index in [4.69, 9.17) is 5.73 Å². The highest BCUT2D eigenvalue weighted by Crippen LogP contribution is 2.22. The number of carbonyl (C=O) groups is 1. The number of hydrogen-bond donors (Lipinski definition) is 1. The monoisotopic (exact) mass is 204 g/mol. The molecule has 0 amide bonds. The summed E-state index contributed by atoms with van der Waals surface area (Å²) in [5.74, 6) is -1.06. The Balaban J connectivity index is 3.39. The normalized spacial score (nSPS) is 10.6. The van der Waals surface area contributed by atoms with Crippen LogP contribution in [0.2, 0.25) is 0 Å². The molecule has 0 atom stereocenters. The average Bonchev–Trinajstić information content (AvgIpc) is 2.16. The third-order valence-corrected chi connectivity index (χ3v) is 1.69. The fraction of sp³-hybridized carbons (Fsp3) is 0.250. The summed E-state index contributed by atoms with van der Waals surface area (Å²) < 4.78 is 37.2. The molecule has 0 unspecified atom stereocenters. The molecular weight excluding hydrogens is 197 g/mol. The molecule has 1 aromatic heterocycles. The minimum absolute atomic E-state index is 0.0304. The second-order valence-electron chi connectivity index (χ2n) is 2.53. The van der Waals surface area contributed by atoms with Crippen LogP contribution in [0.25, 0.3) is 0 Å². The third kappa shape index (κ3) is 1.90. The molecule has 0 radical (unpaired) electrons. The predicted molar refractivity (Wildman–Crippen MR) is 42.4 cm³/mol. The summed E-state index contributed by atoms with van der Waals surface area (Å²) in [5.41, 5.74) is 4.01. The molecule has 0 aliphatic rings. The molecule has 0 saturated heterocycles. The van der Waals surface area contributed by atoms with Gasteiger partial charge in [0.05, 0.1) is 0 Å². The molecule has 1 rings (SSSR count). The van der Waals surface area contributed by atoms with E-state index < -0.39 is 18.1 Å². The summed E-state index contributed by atoms with van der Waals surface area (Å²) in [6, 6.07) is 0.871. The van der Waals surface area contributed by atoms with Gasteiger partial charge in [-0.05, 0) is 11.6 Å². The molecule has 14 heavy (non-hydrogen) atoms. The van der Waals surface area contributed by atoms with Crippen LogP contribution in [0.5, 0.6) is 0 Å². The fourth-order valence-electron chi connectivity index (χ4n) is 1.06. The van der Waals surface area contributed by atoms with Crippen molar-refractivity contribution in [3.05, 3.63) is 28.8 Å². The van der Waals surface area contributed by atoms with Crippen LogP contribution >= 0.6 is 0 Å². The summed E-state index contributed by atoms with van der Waals surface area (Å²) in [7, 11) is 0. The van der Waals surface area contributed by atoms with E-state index in [0.29, 0.717) is 0 Å². The Morgan fingerprint density at radius 3 is 2.64 bits per heavy atom. The van der Waals surface area contributed by atoms with E-state index in [1.54, 1.807) is 0 Å². The van der Waals surface area contributed by atoms with Crippen molar-refractivity contribution in [1.82, 2.24) is 4.98 Å². The van der Waals surface area contributed by atoms with Gasteiger partial charge in [0.25, 0.3) is 6.43 Å². The highest BCUT2D eigenvalue weighted by atomic mass is 19.3. The highest BCUT2D eigenvalue weighted by Gasteiger charge is 2.18. The number of pyridine rings is 1. The molecule has 76 valence electrons. The Morgan fingerprint density at radius 2 is 2.21 bits per heavy atom. The standard InChI is InChI=1S/C8H7F3N2O/c9-6-1-4(2-12)5(3-14)7(13-6)8(10)11/h1,3,8H,2,12H2. The van der Waals surface area contributed by atoms with Gasteiger partial charge in [-0.25, -0.2) is 13.8 Å². The zero-order chi connectivity index (χ0) is 10.7. The smallest absolute Gasteiger partial charge is 0.281 e. The van der Waals surface area contributed by atoms with Gasteiger partial charge in [-0.2, -0.15) is 4.39 Å². The molecule has 1 aromatic rings. The van der Waals surface area contributed by atoms with Gasteiger partial charge in [0.15, 0.2) is 6.29 Å². The van der Waals surface area contributed by atoms with Crippen LogP contribution in [0.4, 0.5) is 13.2 Å². The molecule has 0 aliphatic carbocycles. The first kappa shape index (κ1) is 10.6. The summed E-state index contributed by atoms with van der Waals surface area (Å²) in [5, 5.41) is 0. The molecular formula is C8H7F3N2O. The van der Waals surface area contributed by atoms with Gasteiger partial charge in [0.2, 0.25) is 5.95 Å². The lowest BCUT2D eigenvalue weighted by atomic mass is 10.1. The van der Waals surface area contributed by atoms with Crippen LogP contribution in [-0.4, -0.2) is 11.3 Å². The van der Waals surface area contributed by atoms with Crippen LogP contribution in [0, 0.1) is 5.95 Å². The van der Waals surface area contributed by atoms with Crippen molar-refractivity contribution < 1.29 is 18.0 Å². The SMILES string of the molecule is NCc1cc(F)nc(C(F)F)c1C=O. The Bertz CT molecular complexity index is 355. The second-order valence-corrected chi connectivity index (χ2v) is 2.53. The average molecular weight is 204 g/mol. The lowest BCUT2D eigenvalue weighted by Gasteiger charge is -2.07. The maximum atomic E-state index is 12.7. The first-order valence-corrected chi connectivity index (χ1v) is 3.72. The first-order chi connectivity index (χ1) is 6.60. The fourth-order valence-corrected chi connectivity index (χ4v) is 1.06. The Kier molecular flexibility index (Phi) is 3.19. The maximum Gasteiger partial charge on any atom is 0.281 e. The molecule has 2 N–H and O–H groups in total. The Hall–Kier alpha value is -1.43. The summed E-state index contributed by atoms with van der Waals surface area (Å²) in [6.07, 6.45) is -2.79. The number of halogens is 3. The Labute approximate surface area is 77.7 Å². The van der Waals surface area contributed by atoms with Crippen molar-refractivity contribution in [2.24, 2.45) is 5.73 Å². The number of rotatable bonds is 3. The molecule has 0 aliphatic heterocycles. The van der Waals surface area contributed by atoms with Crippen molar-refractivity contribution in [2.45, 2.75) is 13.0 Å². The van der Waals surface area contributed by atoms with Crippen LogP contribution < -0.4 is 5.73 Å². The summed E-state index contributed by atoms with van der Waals surface area (Å²) in [6.45, 7) is -0.187. The minimum atomic E-state index is -2.99. The second kappa shape index (κ2) is 4.19. The Morgan fingerprint density at radius 1 is 1.57 bits per heavy atom. The number of nitrogens with two attached hydrogens (primary N) is 1. The van der Waals surface area contributed by atoms with Crippen molar-refractivity contribution in [3.63, 3.8) is 0 Å². The molecule has 0 fully saturated rings. The molecule has 0 aromatic carbocycles. The minimum Gasteiger partial charge on any atom is -0.326 e. The maximum absolute atomic E-state index is 12.7. The highest BCUT2D eigenvalue weighted by molar-refractivity contribution is 5.79. The molecule has 3 nitrogen and oxygen atoms in total. The largest absolute Gasteiger partial charge is 0.326 e. The van der Waals surface area contributed by atoms with Crippen LogP contribution in [0.3, 0.4) is 0 Å². The molecule has 0 saturated carbocycles. The van der Waals surface area contributed by atoms with Gasteiger partial charge in [-0.15, -0.1) is 0 Å². The summed E-state index contributed by atoms with van der Waals surface area (Å²) in [4.78, 5) is 13.4. The van der Waals surface area contributed by atoms with E-state index in [-0.39, 0.29) is 24.0 Å². The van der Waals surface area contributed by atoms with Gasteiger partial charge < -0.3 is 5.73 Å². The molecule has 6 heteroatoms. The van der Waals surface area contributed by atoms with E-state index in [9.17, 15) is 18.0 Å². The number of alkyl halides is 2. The lowest BCUT2D eigenvalue weighted by Crippen LogP contribution is -2.08. The van der Waals surface area contributed by atoms with Crippen LogP contribution in [0.1, 0.15) is 28.0 Å². The molecule has 1 heterocycles. The topological polar surface area (TPSA) is 56.0 Å². The van der Waals surface area contributed by atoms with E-state index in [1.807, 2.05) is 0 Å². The van der Waals surface area contributed by atoms with Gasteiger partial charge in [0, 0.05) is 12.1 Å². The van der Waals surface area contributed by atoms with Crippen LogP contribution in [0.15, 0.2) is 6.07 Å². The molecule has 0 bridgehead atoms. The van der Waals surface area contributed by atoms with Gasteiger partial charge >= 0.3 is 0 Å². The number of carbonyl (C=O) groups excluding carboxylic acids is 1. The number of hydrogen-bond acceptors (Lipinski definition) is 3. The molecule has 0 spiro atoms. The summed E-state index contributed by atoms with van der Waals surface area (Å²) >= 11 is 0. The van der Waals surface area contributed by atoms with E-state index in [2.05, 4.69) is 4.98 Å². The van der Waals surface area contributed by atoms with E-state index >= 15 is 0 Å². The van der Waals surface area contributed by atoms with Crippen LogP contribution in [-0.2, 0) is 6.54 Å². The number of aldehydes is 1. The van der Waals surface area contributed by atoms with Crippen molar-refractivity contribution >= 4 is 6.29 Å². The zero-order valence-corrected chi connectivity index (χ0v) is 7.01. The first-order valence-electron chi connectivity index (χ1n) is 3.72. The number of aromatic nitrogens is 1. The third-order valence-electron chi connectivity index (χ3n) is 1.69.